The quantitative estimate of drug-likeness (QED) is 0.668. The molecule has 0 aliphatic carbocycles. The van der Waals surface area contributed by atoms with Crippen LogP contribution in [-0.4, -0.2) is 16.3 Å². The van der Waals surface area contributed by atoms with Crippen LogP contribution in [-0.2, 0) is 4.79 Å². The molecule has 1 fully saturated rings. The van der Waals surface area contributed by atoms with Crippen molar-refractivity contribution in [1.82, 2.24) is 4.90 Å². The Labute approximate surface area is 95.1 Å². The Kier molecular flexibility index (Phi) is 2.49. The molecule has 1 atom stereocenters. The van der Waals surface area contributed by atoms with E-state index in [1.165, 1.54) is 12.1 Å². The lowest BCUT2D eigenvalue weighted by Gasteiger charge is -2.49. The molecule has 86 valence electrons. The van der Waals surface area contributed by atoms with Gasteiger partial charge in [0.05, 0.1) is 12.5 Å². The van der Waals surface area contributed by atoms with Gasteiger partial charge < -0.3 is 4.90 Å². The molecule has 0 unspecified atom stereocenters. The SMILES string of the molecule is CC(C)(C)N1C(=O)C[C@H]1c1ccc(F)cc1. The Bertz CT molecular complexity index is 405. The molecule has 1 heterocycles. The topological polar surface area (TPSA) is 20.3 Å². The second-order valence-electron chi connectivity index (χ2n) is 5.21. The summed E-state index contributed by atoms with van der Waals surface area (Å²) in [7, 11) is 0. The third-order valence-electron chi connectivity index (χ3n) is 2.93. The van der Waals surface area contributed by atoms with Gasteiger partial charge in [-0.3, -0.25) is 4.79 Å². The molecule has 0 bridgehead atoms. The second kappa shape index (κ2) is 3.58. The van der Waals surface area contributed by atoms with Gasteiger partial charge in [0, 0.05) is 5.54 Å². The van der Waals surface area contributed by atoms with E-state index in [1.54, 1.807) is 12.1 Å². The number of halogens is 1. The molecule has 0 N–H and O–H groups in total. The average molecular weight is 221 g/mol. The number of carbonyl (C=O) groups is 1. The van der Waals surface area contributed by atoms with E-state index in [1.807, 2.05) is 25.7 Å². The summed E-state index contributed by atoms with van der Waals surface area (Å²) in [6, 6.07) is 6.50. The van der Waals surface area contributed by atoms with Crippen LogP contribution >= 0.6 is 0 Å². The maximum Gasteiger partial charge on any atom is 0.225 e. The number of rotatable bonds is 1. The molecule has 1 amide bonds. The van der Waals surface area contributed by atoms with Gasteiger partial charge in [-0.25, -0.2) is 4.39 Å². The van der Waals surface area contributed by atoms with Crippen LogP contribution in [0.2, 0.25) is 0 Å². The number of amides is 1. The Morgan fingerprint density at radius 1 is 1.25 bits per heavy atom. The number of hydrogen-bond acceptors (Lipinski definition) is 1. The van der Waals surface area contributed by atoms with Crippen molar-refractivity contribution in [2.75, 3.05) is 0 Å². The zero-order valence-electron chi connectivity index (χ0n) is 9.83. The van der Waals surface area contributed by atoms with Gasteiger partial charge >= 0.3 is 0 Å². The van der Waals surface area contributed by atoms with Crippen molar-refractivity contribution in [3.05, 3.63) is 35.6 Å². The summed E-state index contributed by atoms with van der Waals surface area (Å²) >= 11 is 0. The van der Waals surface area contributed by atoms with Crippen molar-refractivity contribution in [2.45, 2.75) is 38.8 Å². The zero-order valence-corrected chi connectivity index (χ0v) is 9.83. The molecule has 0 saturated carbocycles. The van der Waals surface area contributed by atoms with Crippen LogP contribution in [0, 0.1) is 5.82 Å². The number of hydrogen-bond donors (Lipinski definition) is 0. The third-order valence-corrected chi connectivity index (χ3v) is 2.93. The Hall–Kier alpha value is -1.38. The van der Waals surface area contributed by atoms with Crippen molar-refractivity contribution in [3.8, 4) is 0 Å². The van der Waals surface area contributed by atoms with Gasteiger partial charge in [-0.15, -0.1) is 0 Å². The van der Waals surface area contributed by atoms with Crippen LogP contribution in [0.3, 0.4) is 0 Å². The van der Waals surface area contributed by atoms with E-state index in [2.05, 4.69) is 0 Å². The highest BCUT2D eigenvalue weighted by atomic mass is 19.1. The highest BCUT2D eigenvalue weighted by Crippen LogP contribution is 2.39. The first-order valence-electron chi connectivity index (χ1n) is 5.47. The first-order valence-corrected chi connectivity index (χ1v) is 5.47. The number of benzene rings is 1. The van der Waals surface area contributed by atoms with Crippen LogP contribution in [0.1, 0.15) is 38.8 Å². The number of β-lactam (4-membered cyclic amide) rings is 1. The minimum absolute atomic E-state index is 0.105. The largest absolute Gasteiger partial charge is 0.330 e. The van der Waals surface area contributed by atoms with Crippen LogP contribution in [0.15, 0.2) is 24.3 Å². The van der Waals surface area contributed by atoms with Gasteiger partial charge in [-0.2, -0.15) is 0 Å². The molecule has 2 rings (SSSR count). The number of likely N-dealkylation sites (tertiary alicyclic amines) is 1. The fourth-order valence-corrected chi connectivity index (χ4v) is 2.21. The highest BCUT2D eigenvalue weighted by Gasteiger charge is 2.43. The van der Waals surface area contributed by atoms with Crippen molar-refractivity contribution < 1.29 is 9.18 Å². The third kappa shape index (κ3) is 1.82. The van der Waals surface area contributed by atoms with Crippen molar-refractivity contribution >= 4 is 5.91 Å². The molecule has 2 nitrogen and oxygen atoms in total. The monoisotopic (exact) mass is 221 g/mol. The van der Waals surface area contributed by atoms with E-state index in [4.69, 9.17) is 0 Å². The maximum atomic E-state index is 12.8. The minimum Gasteiger partial charge on any atom is -0.330 e. The van der Waals surface area contributed by atoms with Crippen LogP contribution < -0.4 is 0 Å². The molecular formula is C13H16FNO. The molecule has 3 heteroatoms. The molecule has 1 aromatic carbocycles. The lowest BCUT2D eigenvalue weighted by atomic mass is 9.88. The van der Waals surface area contributed by atoms with Crippen molar-refractivity contribution in [3.63, 3.8) is 0 Å². The summed E-state index contributed by atoms with van der Waals surface area (Å²) in [5, 5.41) is 0. The van der Waals surface area contributed by atoms with E-state index >= 15 is 0 Å². The van der Waals surface area contributed by atoms with Gasteiger partial charge in [0.15, 0.2) is 0 Å². The van der Waals surface area contributed by atoms with Gasteiger partial charge in [0.25, 0.3) is 0 Å². The van der Waals surface area contributed by atoms with E-state index < -0.39 is 0 Å². The van der Waals surface area contributed by atoms with Gasteiger partial charge in [-0.1, -0.05) is 12.1 Å². The zero-order chi connectivity index (χ0) is 11.9. The lowest BCUT2D eigenvalue weighted by Crippen LogP contribution is -2.56. The van der Waals surface area contributed by atoms with E-state index in [0.717, 1.165) is 5.56 Å². The molecule has 0 aromatic heterocycles. The van der Waals surface area contributed by atoms with E-state index in [0.29, 0.717) is 6.42 Å². The second-order valence-corrected chi connectivity index (χ2v) is 5.21. The van der Waals surface area contributed by atoms with Gasteiger partial charge in [-0.05, 0) is 38.5 Å². The summed E-state index contributed by atoms with van der Waals surface area (Å²) < 4.78 is 12.8. The molecule has 1 aromatic rings. The molecule has 1 aliphatic heterocycles. The molecular weight excluding hydrogens is 205 g/mol. The fraction of sp³-hybridized carbons (Fsp3) is 0.462. The van der Waals surface area contributed by atoms with Crippen LogP contribution in [0.5, 0.6) is 0 Å². The highest BCUT2D eigenvalue weighted by molar-refractivity contribution is 5.84. The normalized spacial score (nSPS) is 20.9. The predicted octanol–water partition coefficient (Wildman–Crippen LogP) is 2.90. The smallest absolute Gasteiger partial charge is 0.225 e. The first-order chi connectivity index (χ1) is 7.39. The van der Waals surface area contributed by atoms with Crippen molar-refractivity contribution in [1.29, 1.82) is 0 Å². The summed E-state index contributed by atoms with van der Waals surface area (Å²) in [5.41, 5.74) is 0.838. The summed E-state index contributed by atoms with van der Waals surface area (Å²) in [4.78, 5) is 13.4. The minimum atomic E-state index is -0.239. The predicted molar refractivity (Wildman–Crippen MR) is 60.4 cm³/mol. The molecule has 0 spiro atoms. The first kappa shape index (κ1) is 11.1. The van der Waals surface area contributed by atoms with Gasteiger partial charge in [0.2, 0.25) is 5.91 Å². The summed E-state index contributed by atoms with van der Waals surface area (Å²) in [6.45, 7) is 6.04. The van der Waals surface area contributed by atoms with E-state index in [-0.39, 0.29) is 23.3 Å². The molecule has 0 radical (unpaired) electrons. The Morgan fingerprint density at radius 2 is 1.81 bits per heavy atom. The molecule has 16 heavy (non-hydrogen) atoms. The Morgan fingerprint density at radius 3 is 2.25 bits per heavy atom. The van der Waals surface area contributed by atoms with Gasteiger partial charge in [0.1, 0.15) is 5.82 Å². The van der Waals surface area contributed by atoms with Crippen LogP contribution in [0.4, 0.5) is 4.39 Å². The van der Waals surface area contributed by atoms with E-state index in [9.17, 15) is 9.18 Å². The summed E-state index contributed by atoms with van der Waals surface area (Å²) in [5.74, 6) is -0.0708. The fourth-order valence-electron chi connectivity index (χ4n) is 2.21. The standard InChI is InChI=1S/C13H16FNO/c1-13(2,3)15-11(8-12(15)16)9-4-6-10(14)7-5-9/h4-7,11H,8H2,1-3H3/t11-/m0/s1. The van der Waals surface area contributed by atoms with Crippen molar-refractivity contribution in [2.24, 2.45) is 0 Å². The van der Waals surface area contributed by atoms with Crippen LogP contribution in [0.25, 0.3) is 0 Å². The number of nitrogens with zero attached hydrogens (tertiary/aromatic N) is 1. The Balaban J connectivity index is 2.23. The lowest BCUT2D eigenvalue weighted by molar-refractivity contribution is -0.154. The molecule has 1 saturated heterocycles. The summed E-state index contributed by atoms with van der Waals surface area (Å²) in [6.07, 6.45) is 0.531. The maximum absolute atomic E-state index is 12.8. The molecule has 1 aliphatic rings. The average Bonchev–Trinajstić information content (AvgIpc) is 2.13. The number of carbonyl (C=O) groups excluding carboxylic acids is 1.